The van der Waals surface area contributed by atoms with Crippen molar-refractivity contribution in [2.45, 2.75) is 42.8 Å². The van der Waals surface area contributed by atoms with Crippen LogP contribution in [0.25, 0.3) is 10.2 Å². The number of nitrogens with one attached hydrogen (secondary N) is 1. The van der Waals surface area contributed by atoms with Crippen LogP contribution in [0.5, 0.6) is 0 Å². The second-order valence-corrected chi connectivity index (χ2v) is 11.9. The number of likely N-dealkylation sites (tertiary alicyclic amines) is 1. The van der Waals surface area contributed by atoms with Crippen molar-refractivity contribution < 1.29 is 13.2 Å². The summed E-state index contributed by atoms with van der Waals surface area (Å²) in [5, 5.41) is 3.20. The second-order valence-electron chi connectivity index (χ2n) is 8.97. The molecule has 1 unspecified atom stereocenters. The van der Waals surface area contributed by atoms with Crippen molar-refractivity contribution in [1.82, 2.24) is 30.1 Å². The molecule has 4 heterocycles. The van der Waals surface area contributed by atoms with E-state index in [9.17, 15) is 13.2 Å². The fourth-order valence-electron chi connectivity index (χ4n) is 4.67. The highest BCUT2D eigenvalue weighted by Gasteiger charge is 2.45. The average Bonchev–Trinajstić information content (AvgIpc) is 3.37. The van der Waals surface area contributed by atoms with Crippen LogP contribution in [0.15, 0.2) is 41.0 Å². The van der Waals surface area contributed by atoms with Crippen LogP contribution in [0.1, 0.15) is 37.2 Å². The van der Waals surface area contributed by atoms with E-state index in [1.54, 1.807) is 16.2 Å². The number of carbonyl (C=O) groups is 1. The van der Waals surface area contributed by atoms with Gasteiger partial charge in [-0.15, -0.1) is 11.3 Å². The van der Waals surface area contributed by atoms with Gasteiger partial charge < -0.3 is 10.2 Å². The zero-order valence-electron chi connectivity index (χ0n) is 18.6. The summed E-state index contributed by atoms with van der Waals surface area (Å²) in [5.74, 6) is 0.429. The molecule has 33 heavy (non-hydrogen) atoms. The number of nitrogens with zero attached hydrogens (tertiary/aromatic N) is 5. The molecule has 1 aromatic carbocycles. The third-order valence-corrected chi connectivity index (χ3v) is 8.61. The summed E-state index contributed by atoms with van der Waals surface area (Å²) < 4.78 is 24.4. The van der Waals surface area contributed by atoms with Crippen LogP contribution in [0.3, 0.4) is 0 Å². The Kier molecular flexibility index (Phi) is 5.58. The van der Waals surface area contributed by atoms with E-state index in [0.717, 1.165) is 37.7 Å². The van der Waals surface area contributed by atoms with Gasteiger partial charge in [-0.05, 0) is 37.5 Å². The van der Waals surface area contributed by atoms with E-state index in [-0.39, 0.29) is 29.1 Å². The van der Waals surface area contributed by atoms with E-state index in [0.29, 0.717) is 12.4 Å². The van der Waals surface area contributed by atoms with Gasteiger partial charge in [-0.2, -0.15) is 0 Å². The summed E-state index contributed by atoms with van der Waals surface area (Å²) in [6.07, 6.45) is 5.45. The van der Waals surface area contributed by atoms with Crippen LogP contribution in [0.4, 0.5) is 4.79 Å². The maximum Gasteiger partial charge on any atom is 0.318 e. The molecule has 9 nitrogen and oxygen atoms in total. The minimum Gasteiger partial charge on any atom is -0.331 e. The van der Waals surface area contributed by atoms with E-state index in [4.69, 9.17) is 0 Å². The highest BCUT2D eigenvalue weighted by molar-refractivity contribution is 7.90. The molecular formula is C22H26N6O3S2. The smallest absolute Gasteiger partial charge is 0.318 e. The molecule has 2 aliphatic heterocycles. The van der Waals surface area contributed by atoms with Crippen molar-refractivity contribution in [3.8, 4) is 0 Å². The highest BCUT2D eigenvalue weighted by Crippen LogP contribution is 2.33. The van der Waals surface area contributed by atoms with Gasteiger partial charge in [-0.3, -0.25) is 4.90 Å². The molecule has 2 amide bonds. The monoisotopic (exact) mass is 486 g/mol. The van der Waals surface area contributed by atoms with Crippen molar-refractivity contribution >= 4 is 37.4 Å². The molecule has 11 heteroatoms. The van der Waals surface area contributed by atoms with Gasteiger partial charge in [-0.1, -0.05) is 6.07 Å². The maximum absolute atomic E-state index is 12.7. The molecule has 2 saturated heterocycles. The topological polar surface area (TPSA) is 108 Å². The van der Waals surface area contributed by atoms with Crippen molar-refractivity contribution in [1.29, 1.82) is 0 Å². The molecule has 1 atom stereocenters. The first-order valence-electron chi connectivity index (χ1n) is 10.9. The van der Waals surface area contributed by atoms with Gasteiger partial charge in [0.05, 0.1) is 27.8 Å². The molecule has 0 saturated carbocycles. The predicted molar refractivity (Wildman–Crippen MR) is 126 cm³/mol. The Morgan fingerprint density at radius 2 is 1.91 bits per heavy atom. The van der Waals surface area contributed by atoms with Crippen LogP contribution in [-0.4, -0.2) is 70.6 Å². The van der Waals surface area contributed by atoms with E-state index >= 15 is 0 Å². The minimum atomic E-state index is -3.35. The number of sulfone groups is 1. The van der Waals surface area contributed by atoms with Crippen LogP contribution in [-0.2, 0) is 16.4 Å². The van der Waals surface area contributed by atoms with Crippen LogP contribution < -0.4 is 5.32 Å². The Hall–Kier alpha value is -2.63. The number of amides is 2. The standard InChI is InChI=1S/C22H26N6O3S2/c1-15(16-3-4-19-18(9-16)25-14-32-19)27-7-5-22(6-8-27)13-28(21(29)26-22)12-20-23-10-17(11-24-20)33(2,30)31/h3-4,9-11,14-15H,5-8,12-13H2,1-2H3,(H,26,29). The van der Waals surface area contributed by atoms with E-state index in [2.05, 4.69) is 50.3 Å². The first-order chi connectivity index (χ1) is 15.7. The lowest BCUT2D eigenvalue weighted by Gasteiger charge is -2.41. The minimum absolute atomic E-state index is 0.0732. The van der Waals surface area contributed by atoms with E-state index in [1.165, 1.54) is 22.7 Å². The number of piperidine rings is 1. The largest absolute Gasteiger partial charge is 0.331 e. The van der Waals surface area contributed by atoms with E-state index < -0.39 is 9.84 Å². The number of benzene rings is 1. The fourth-order valence-corrected chi connectivity index (χ4v) is 5.81. The van der Waals surface area contributed by atoms with Gasteiger partial charge in [0.25, 0.3) is 0 Å². The summed E-state index contributed by atoms with van der Waals surface area (Å²) >= 11 is 1.65. The first-order valence-corrected chi connectivity index (χ1v) is 13.6. The molecule has 0 radical (unpaired) electrons. The lowest BCUT2D eigenvalue weighted by atomic mass is 9.87. The zero-order chi connectivity index (χ0) is 23.2. The number of thiazole rings is 1. The molecule has 5 rings (SSSR count). The third-order valence-electron chi connectivity index (χ3n) is 6.73. The van der Waals surface area contributed by atoms with Crippen molar-refractivity contribution in [2.24, 2.45) is 0 Å². The van der Waals surface area contributed by atoms with Crippen molar-refractivity contribution in [2.75, 3.05) is 25.9 Å². The second kappa shape index (κ2) is 8.30. The molecule has 174 valence electrons. The Labute approximate surface area is 196 Å². The summed E-state index contributed by atoms with van der Waals surface area (Å²) in [5.41, 5.74) is 3.93. The fraction of sp³-hybridized carbons (Fsp3) is 0.455. The SMILES string of the molecule is CC(c1ccc2scnc2c1)N1CCC2(CC1)CN(Cc1ncc(S(C)(=O)=O)cn1)C(=O)N2. The molecule has 1 N–H and O–H groups in total. The summed E-state index contributed by atoms with van der Waals surface area (Å²) in [6, 6.07) is 6.66. The molecule has 2 aromatic heterocycles. The van der Waals surface area contributed by atoms with Gasteiger partial charge in [0.2, 0.25) is 0 Å². The molecule has 2 fully saturated rings. The Balaban J connectivity index is 1.21. The van der Waals surface area contributed by atoms with Crippen LogP contribution in [0.2, 0.25) is 0 Å². The molecule has 2 aliphatic rings. The molecule has 3 aromatic rings. The third kappa shape index (κ3) is 4.44. The van der Waals surface area contributed by atoms with Gasteiger partial charge in [0.1, 0.15) is 10.7 Å². The number of fused-ring (bicyclic) bond motifs is 1. The lowest BCUT2D eigenvalue weighted by molar-refractivity contribution is 0.115. The molecule has 0 bridgehead atoms. The summed E-state index contributed by atoms with van der Waals surface area (Å²) in [4.78, 5) is 29.6. The van der Waals surface area contributed by atoms with Crippen LogP contribution >= 0.6 is 11.3 Å². The van der Waals surface area contributed by atoms with Gasteiger partial charge in [0, 0.05) is 44.3 Å². The van der Waals surface area contributed by atoms with Crippen molar-refractivity contribution in [3.63, 3.8) is 0 Å². The molecule has 0 aliphatic carbocycles. The van der Waals surface area contributed by atoms with Crippen LogP contribution in [0, 0.1) is 0 Å². The summed E-state index contributed by atoms with van der Waals surface area (Å²) in [7, 11) is -3.35. The number of hydrogen-bond acceptors (Lipinski definition) is 8. The number of hydrogen-bond donors (Lipinski definition) is 1. The summed E-state index contributed by atoms with van der Waals surface area (Å²) in [6.45, 7) is 4.86. The molecular weight excluding hydrogens is 460 g/mol. The number of urea groups is 1. The quantitative estimate of drug-likeness (QED) is 0.590. The average molecular weight is 487 g/mol. The maximum atomic E-state index is 12.7. The zero-order valence-corrected chi connectivity index (χ0v) is 20.2. The number of aromatic nitrogens is 3. The Bertz CT molecular complexity index is 1280. The van der Waals surface area contributed by atoms with Gasteiger partial charge >= 0.3 is 6.03 Å². The van der Waals surface area contributed by atoms with Gasteiger partial charge in [-0.25, -0.2) is 28.2 Å². The Morgan fingerprint density at radius 3 is 2.61 bits per heavy atom. The normalized spacial score (nSPS) is 19.8. The number of rotatable bonds is 5. The number of carbonyl (C=O) groups excluding carboxylic acids is 1. The predicted octanol–water partition coefficient (Wildman–Crippen LogP) is 2.61. The molecule has 1 spiro atoms. The Morgan fingerprint density at radius 1 is 1.18 bits per heavy atom. The highest BCUT2D eigenvalue weighted by atomic mass is 32.2. The van der Waals surface area contributed by atoms with E-state index in [1.807, 2.05) is 5.51 Å². The van der Waals surface area contributed by atoms with Gasteiger partial charge in [0.15, 0.2) is 9.84 Å². The lowest BCUT2D eigenvalue weighted by Crippen LogP contribution is -2.52. The first kappa shape index (κ1) is 22.2. The van der Waals surface area contributed by atoms with Crippen molar-refractivity contribution in [3.05, 3.63) is 47.5 Å².